The van der Waals surface area contributed by atoms with Crippen LogP contribution in [0.1, 0.15) is 18.2 Å². The van der Waals surface area contributed by atoms with E-state index in [1.807, 2.05) is 37.3 Å². The van der Waals surface area contributed by atoms with E-state index in [0.29, 0.717) is 24.5 Å². The van der Waals surface area contributed by atoms with Gasteiger partial charge in [0.15, 0.2) is 0 Å². The van der Waals surface area contributed by atoms with E-state index in [1.54, 1.807) is 0 Å². The molecule has 0 amide bonds. The summed E-state index contributed by atoms with van der Waals surface area (Å²) < 4.78 is 10.8. The first-order valence-electron chi connectivity index (χ1n) is 5.58. The van der Waals surface area contributed by atoms with E-state index in [4.69, 9.17) is 9.15 Å². The molecule has 1 aromatic carbocycles. The summed E-state index contributed by atoms with van der Waals surface area (Å²) in [6.45, 7) is 2.30. The largest absolute Gasteiger partial charge is 1.00 e. The van der Waals surface area contributed by atoms with Crippen LogP contribution in [0, 0.1) is 0 Å². The van der Waals surface area contributed by atoms with Crippen molar-refractivity contribution in [2.24, 2.45) is 0 Å². The molecule has 0 bridgehead atoms. The van der Waals surface area contributed by atoms with Gasteiger partial charge in [-0.2, -0.15) is 0 Å². The van der Waals surface area contributed by atoms with Crippen molar-refractivity contribution in [2.75, 3.05) is 0 Å². The smallest absolute Gasteiger partial charge is 0.870 e. The first kappa shape index (κ1) is 17.9. The van der Waals surface area contributed by atoms with Crippen LogP contribution in [-0.2, 0) is 13.0 Å². The summed E-state index contributed by atoms with van der Waals surface area (Å²) in [5.74, 6) is 0.910. The monoisotopic (exact) mass is 270 g/mol. The van der Waals surface area contributed by atoms with E-state index >= 15 is 0 Å². The third kappa shape index (κ3) is 4.84. The van der Waals surface area contributed by atoms with Gasteiger partial charge in [-0.25, -0.2) is 0 Å². The Labute approximate surface area is 134 Å². The number of ether oxygens (including phenoxy) is 1. The number of benzene rings is 1. The summed E-state index contributed by atoms with van der Waals surface area (Å²) in [7, 11) is 0. The SMILES string of the molecule is CCc1occc(=O)c1OCc1ccccc1.[Na+].[OH-]. The van der Waals surface area contributed by atoms with Crippen molar-refractivity contribution in [3.63, 3.8) is 0 Å². The van der Waals surface area contributed by atoms with Gasteiger partial charge in [0, 0.05) is 12.5 Å². The molecule has 0 aliphatic rings. The molecule has 5 heteroatoms. The molecule has 0 atom stereocenters. The van der Waals surface area contributed by atoms with Gasteiger partial charge in [-0.05, 0) is 5.56 Å². The Morgan fingerprint density at radius 1 is 1.16 bits per heavy atom. The second-order valence-electron chi connectivity index (χ2n) is 3.66. The predicted octanol–water partition coefficient (Wildman–Crippen LogP) is -0.392. The van der Waals surface area contributed by atoms with Gasteiger partial charge in [-0.3, -0.25) is 4.79 Å². The fraction of sp³-hybridized carbons (Fsp3) is 0.214. The Morgan fingerprint density at radius 3 is 2.47 bits per heavy atom. The third-order valence-electron chi connectivity index (χ3n) is 2.45. The van der Waals surface area contributed by atoms with Crippen LogP contribution in [0.4, 0.5) is 0 Å². The van der Waals surface area contributed by atoms with E-state index in [-0.39, 0.29) is 40.5 Å². The maximum absolute atomic E-state index is 11.6. The fourth-order valence-electron chi connectivity index (χ4n) is 1.57. The van der Waals surface area contributed by atoms with Crippen molar-refractivity contribution in [3.05, 3.63) is 64.2 Å². The van der Waals surface area contributed by atoms with E-state index in [9.17, 15) is 4.79 Å². The number of aryl methyl sites for hydroxylation is 1. The molecule has 1 N–H and O–H groups in total. The van der Waals surface area contributed by atoms with Crippen LogP contribution >= 0.6 is 0 Å². The molecule has 4 nitrogen and oxygen atoms in total. The minimum Gasteiger partial charge on any atom is -0.870 e. The van der Waals surface area contributed by atoms with Gasteiger partial charge in [-0.15, -0.1) is 0 Å². The summed E-state index contributed by atoms with van der Waals surface area (Å²) in [4.78, 5) is 11.6. The van der Waals surface area contributed by atoms with Crippen LogP contribution in [0.2, 0.25) is 0 Å². The second kappa shape index (κ2) is 8.93. The Balaban J connectivity index is 0.00000162. The number of hydrogen-bond donors (Lipinski definition) is 0. The van der Waals surface area contributed by atoms with Crippen molar-refractivity contribution in [1.82, 2.24) is 0 Å². The Bertz CT molecular complexity index is 537. The first-order chi connectivity index (χ1) is 8.31. The molecule has 0 saturated heterocycles. The average Bonchev–Trinajstić information content (AvgIpc) is 2.38. The second-order valence-corrected chi connectivity index (χ2v) is 3.66. The predicted molar refractivity (Wildman–Crippen MR) is 67.1 cm³/mol. The van der Waals surface area contributed by atoms with E-state index in [0.717, 1.165) is 5.56 Å². The van der Waals surface area contributed by atoms with Crippen LogP contribution in [0.3, 0.4) is 0 Å². The molecular formula is C14H15NaO4. The minimum absolute atomic E-state index is 0. The summed E-state index contributed by atoms with van der Waals surface area (Å²) in [6, 6.07) is 11.1. The van der Waals surface area contributed by atoms with Crippen molar-refractivity contribution >= 4 is 0 Å². The molecular weight excluding hydrogens is 255 g/mol. The minimum atomic E-state index is -0.135. The molecule has 1 heterocycles. The molecule has 0 spiro atoms. The summed E-state index contributed by atoms with van der Waals surface area (Å²) >= 11 is 0. The van der Waals surface area contributed by atoms with Gasteiger partial charge in [-0.1, -0.05) is 37.3 Å². The van der Waals surface area contributed by atoms with Gasteiger partial charge in [0.05, 0.1) is 6.26 Å². The number of rotatable bonds is 4. The molecule has 19 heavy (non-hydrogen) atoms. The van der Waals surface area contributed by atoms with Crippen LogP contribution in [0.15, 0.2) is 51.9 Å². The molecule has 1 aromatic heterocycles. The Hall–Kier alpha value is -1.07. The molecule has 0 unspecified atom stereocenters. The number of hydrogen-bond acceptors (Lipinski definition) is 4. The molecule has 0 aliphatic carbocycles. The van der Waals surface area contributed by atoms with Gasteiger partial charge >= 0.3 is 29.6 Å². The van der Waals surface area contributed by atoms with Gasteiger partial charge in [0.25, 0.3) is 0 Å². The zero-order valence-corrected chi connectivity index (χ0v) is 13.1. The third-order valence-corrected chi connectivity index (χ3v) is 2.45. The van der Waals surface area contributed by atoms with E-state index < -0.39 is 0 Å². The Kier molecular flexibility index (Phi) is 8.43. The topological polar surface area (TPSA) is 69.4 Å². The summed E-state index contributed by atoms with van der Waals surface area (Å²) in [6.07, 6.45) is 2.04. The standard InChI is InChI=1S/C14H14O3.Na.H2O/c1-2-13-14(12(15)8-9-16-13)17-10-11-6-4-3-5-7-11;;/h3-9H,2,10H2,1H3;;1H2/q;+1;/p-1. The van der Waals surface area contributed by atoms with Crippen molar-refractivity contribution in [2.45, 2.75) is 20.0 Å². The molecule has 0 saturated carbocycles. The van der Waals surface area contributed by atoms with Crippen molar-refractivity contribution < 1.29 is 44.2 Å². The molecule has 96 valence electrons. The van der Waals surface area contributed by atoms with Gasteiger partial charge < -0.3 is 14.6 Å². The molecule has 0 radical (unpaired) electrons. The summed E-state index contributed by atoms with van der Waals surface area (Å²) in [5.41, 5.74) is 0.891. The zero-order valence-electron chi connectivity index (χ0n) is 11.1. The van der Waals surface area contributed by atoms with Crippen molar-refractivity contribution in [1.29, 1.82) is 0 Å². The average molecular weight is 270 g/mol. The normalized spacial score (nSPS) is 9.11. The van der Waals surface area contributed by atoms with Crippen LogP contribution in [-0.4, -0.2) is 5.48 Å². The first-order valence-corrected chi connectivity index (χ1v) is 5.58. The quantitative estimate of drug-likeness (QED) is 0.709. The molecule has 2 aromatic rings. The summed E-state index contributed by atoms with van der Waals surface area (Å²) in [5, 5.41) is 0. The fourth-order valence-corrected chi connectivity index (χ4v) is 1.57. The van der Waals surface area contributed by atoms with E-state index in [1.165, 1.54) is 12.3 Å². The van der Waals surface area contributed by atoms with Crippen LogP contribution in [0.5, 0.6) is 5.75 Å². The molecule has 2 rings (SSSR count). The van der Waals surface area contributed by atoms with Crippen LogP contribution < -0.4 is 39.7 Å². The van der Waals surface area contributed by atoms with Gasteiger partial charge in [0.2, 0.25) is 11.2 Å². The molecule has 0 aliphatic heterocycles. The maximum Gasteiger partial charge on any atom is 1.00 e. The Morgan fingerprint density at radius 2 is 1.84 bits per heavy atom. The van der Waals surface area contributed by atoms with Crippen LogP contribution in [0.25, 0.3) is 0 Å². The maximum atomic E-state index is 11.6. The van der Waals surface area contributed by atoms with E-state index in [2.05, 4.69) is 0 Å². The molecule has 0 fully saturated rings. The van der Waals surface area contributed by atoms with Gasteiger partial charge in [0.1, 0.15) is 12.4 Å². The zero-order chi connectivity index (χ0) is 12.1. The van der Waals surface area contributed by atoms with Crippen molar-refractivity contribution in [3.8, 4) is 5.75 Å².